The van der Waals surface area contributed by atoms with E-state index in [1.807, 2.05) is 4.90 Å². The standard InChI is InChI=1S/C12H24N2O.ClH/c1-4-6-11-9(2)7-5-8-14(11)12(15)10(3)13;/h9-11H,4-8,13H2,1-3H3;1H/t9?,10-,11?;/m1./s1. The summed E-state index contributed by atoms with van der Waals surface area (Å²) >= 11 is 0. The highest BCUT2D eigenvalue weighted by Crippen LogP contribution is 2.26. The molecule has 96 valence electrons. The van der Waals surface area contributed by atoms with Crippen molar-refractivity contribution in [2.75, 3.05) is 6.54 Å². The maximum absolute atomic E-state index is 11.9. The van der Waals surface area contributed by atoms with Crippen LogP contribution in [-0.4, -0.2) is 29.4 Å². The van der Waals surface area contributed by atoms with Gasteiger partial charge in [0.1, 0.15) is 0 Å². The first-order chi connectivity index (χ1) is 7.07. The van der Waals surface area contributed by atoms with E-state index in [0.29, 0.717) is 12.0 Å². The number of nitrogens with two attached hydrogens (primary N) is 1. The van der Waals surface area contributed by atoms with Crippen LogP contribution in [0.25, 0.3) is 0 Å². The SMILES string of the molecule is CCCC1C(C)CCCN1C(=O)[C@@H](C)N.Cl. The molecule has 1 fully saturated rings. The number of amides is 1. The van der Waals surface area contributed by atoms with Gasteiger partial charge in [-0.2, -0.15) is 0 Å². The predicted octanol–water partition coefficient (Wildman–Crippen LogP) is 2.18. The van der Waals surface area contributed by atoms with E-state index in [9.17, 15) is 4.79 Å². The van der Waals surface area contributed by atoms with E-state index in [2.05, 4.69) is 13.8 Å². The molecule has 1 aliphatic heterocycles. The van der Waals surface area contributed by atoms with Crippen molar-refractivity contribution >= 4 is 18.3 Å². The molecule has 0 aromatic rings. The second-order valence-electron chi connectivity index (χ2n) is 4.80. The minimum Gasteiger partial charge on any atom is -0.338 e. The fourth-order valence-corrected chi connectivity index (χ4v) is 2.52. The molecular formula is C12H25ClN2O. The molecule has 1 saturated heterocycles. The van der Waals surface area contributed by atoms with Crippen molar-refractivity contribution in [2.24, 2.45) is 11.7 Å². The summed E-state index contributed by atoms with van der Waals surface area (Å²) in [5, 5.41) is 0. The Morgan fingerprint density at radius 3 is 2.69 bits per heavy atom. The second-order valence-corrected chi connectivity index (χ2v) is 4.80. The number of hydrogen-bond acceptors (Lipinski definition) is 2. The largest absolute Gasteiger partial charge is 0.338 e. The summed E-state index contributed by atoms with van der Waals surface area (Å²) in [5.74, 6) is 0.751. The average molecular weight is 249 g/mol. The van der Waals surface area contributed by atoms with Gasteiger partial charge in [-0.3, -0.25) is 4.79 Å². The molecule has 0 aromatic heterocycles. The van der Waals surface area contributed by atoms with Crippen LogP contribution in [-0.2, 0) is 4.79 Å². The Kier molecular flexibility index (Phi) is 7.00. The van der Waals surface area contributed by atoms with Crippen molar-refractivity contribution in [1.82, 2.24) is 4.90 Å². The van der Waals surface area contributed by atoms with Crippen LogP contribution in [0.4, 0.5) is 0 Å². The van der Waals surface area contributed by atoms with Gasteiger partial charge in [0, 0.05) is 12.6 Å². The fourth-order valence-electron chi connectivity index (χ4n) is 2.52. The van der Waals surface area contributed by atoms with Crippen LogP contribution in [0.1, 0.15) is 46.5 Å². The molecule has 3 nitrogen and oxygen atoms in total. The predicted molar refractivity (Wildman–Crippen MR) is 69.7 cm³/mol. The minimum absolute atomic E-state index is 0. The van der Waals surface area contributed by atoms with Gasteiger partial charge in [0.05, 0.1) is 6.04 Å². The summed E-state index contributed by atoms with van der Waals surface area (Å²) in [6, 6.07) is 0.0666. The number of nitrogens with zero attached hydrogens (tertiary/aromatic N) is 1. The molecule has 2 unspecified atom stereocenters. The van der Waals surface area contributed by atoms with Gasteiger partial charge >= 0.3 is 0 Å². The number of halogens is 1. The van der Waals surface area contributed by atoms with E-state index in [1.54, 1.807) is 6.92 Å². The fraction of sp³-hybridized carbons (Fsp3) is 0.917. The molecule has 1 rings (SSSR count). The number of piperidine rings is 1. The molecule has 16 heavy (non-hydrogen) atoms. The first-order valence-corrected chi connectivity index (χ1v) is 6.14. The van der Waals surface area contributed by atoms with Crippen LogP contribution in [0.3, 0.4) is 0 Å². The zero-order chi connectivity index (χ0) is 11.4. The van der Waals surface area contributed by atoms with Crippen LogP contribution in [0.5, 0.6) is 0 Å². The van der Waals surface area contributed by atoms with Gasteiger partial charge in [-0.15, -0.1) is 12.4 Å². The molecule has 0 radical (unpaired) electrons. The molecule has 0 aromatic carbocycles. The number of rotatable bonds is 3. The third-order valence-electron chi connectivity index (χ3n) is 3.37. The number of likely N-dealkylation sites (tertiary alicyclic amines) is 1. The van der Waals surface area contributed by atoms with E-state index >= 15 is 0 Å². The van der Waals surface area contributed by atoms with Gasteiger partial charge in [-0.25, -0.2) is 0 Å². The highest BCUT2D eigenvalue weighted by atomic mass is 35.5. The zero-order valence-corrected chi connectivity index (χ0v) is 11.4. The lowest BCUT2D eigenvalue weighted by atomic mass is 9.87. The lowest BCUT2D eigenvalue weighted by molar-refractivity contribution is -0.137. The molecule has 3 atom stereocenters. The lowest BCUT2D eigenvalue weighted by Crippen LogP contribution is -2.52. The summed E-state index contributed by atoms with van der Waals surface area (Å²) in [7, 11) is 0. The van der Waals surface area contributed by atoms with E-state index in [4.69, 9.17) is 5.73 Å². The monoisotopic (exact) mass is 248 g/mol. The van der Waals surface area contributed by atoms with Crippen LogP contribution in [0, 0.1) is 5.92 Å². The summed E-state index contributed by atoms with van der Waals surface area (Å²) in [4.78, 5) is 13.9. The van der Waals surface area contributed by atoms with Crippen molar-refractivity contribution in [2.45, 2.75) is 58.5 Å². The van der Waals surface area contributed by atoms with Crippen molar-refractivity contribution < 1.29 is 4.79 Å². The Labute approximate surface area is 105 Å². The maximum Gasteiger partial charge on any atom is 0.239 e. The van der Waals surface area contributed by atoms with Gasteiger partial charge in [0.15, 0.2) is 0 Å². The molecule has 2 N–H and O–H groups in total. The molecule has 1 heterocycles. The third-order valence-corrected chi connectivity index (χ3v) is 3.37. The molecular weight excluding hydrogens is 224 g/mol. The Hall–Kier alpha value is -0.280. The average Bonchev–Trinajstić information content (AvgIpc) is 2.20. The van der Waals surface area contributed by atoms with Gasteiger partial charge < -0.3 is 10.6 Å². The number of carbonyl (C=O) groups excluding carboxylic acids is 1. The quantitative estimate of drug-likeness (QED) is 0.832. The van der Waals surface area contributed by atoms with Crippen molar-refractivity contribution in [3.05, 3.63) is 0 Å². The Bertz CT molecular complexity index is 221. The first kappa shape index (κ1) is 15.7. The second kappa shape index (κ2) is 7.13. The van der Waals surface area contributed by atoms with Crippen LogP contribution in [0.15, 0.2) is 0 Å². The zero-order valence-electron chi connectivity index (χ0n) is 10.6. The summed E-state index contributed by atoms with van der Waals surface area (Å²) in [6.07, 6.45) is 4.62. The van der Waals surface area contributed by atoms with Crippen LogP contribution >= 0.6 is 12.4 Å². The smallest absolute Gasteiger partial charge is 0.239 e. The van der Waals surface area contributed by atoms with Crippen LogP contribution < -0.4 is 5.73 Å². The highest BCUT2D eigenvalue weighted by Gasteiger charge is 2.31. The maximum atomic E-state index is 11.9. The Morgan fingerprint density at radius 1 is 1.56 bits per heavy atom. The first-order valence-electron chi connectivity index (χ1n) is 6.14. The van der Waals surface area contributed by atoms with Gasteiger partial charge in [0.25, 0.3) is 0 Å². The molecule has 1 amide bonds. The minimum atomic E-state index is -0.352. The van der Waals surface area contributed by atoms with Crippen molar-refractivity contribution in [3.63, 3.8) is 0 Å². The molecule has 4 heteroatoms. The lowest BCUT2D eigenvalue weighted by Gasteiger charge is -2.41. The normalized spacial score (nSPS) is 27.1. The van der Waals surface area contributed by atoms with Crippen LogP contribution in [0.2, 0.25) is 0 Å². The summed E-state index contributed by atoms with van der Waals surface area (Å²) in [6.45, 7) is 7.11. The molecule has 1 aliphatic rings. The topological polar surface area (TPSA) is 46.3 Å². The summed E-state index contributed by atoms with van der Waals surface area (Å²) in [5.41, 5.74) is 5.68. The molecule has 0 aliphatic carbocycles. The van der Waals surface area contributed by atoms with E-state index in [-0.39, 0.29) is 24.4 Å². The van der Waals surface area contributed by atoms with Gasteiger partial charge in [-0.05, 0) is 32.1 Å². The summed E-state index contributed by atoms with van der Waals surface area (Å²) < 4.78 is 0. The number of carbonyl (C=O) groups is 1. The third kappa shape index (κ3) is 3.63. The molecule has 0 saturated carbocycles. The van der Waals surface area contributed by atoms with Gasteiger partial charge in [0.2, 0.25) is 5.91 Å². The van der Waals surface area contributed by atoms with Crippen molar-refractivity contribution in [1.29, 1.82) is 0 Å². The van der Waals surface area contributed by atoms with E-state index < -0.39 is 0 Å². The highest BCUT2D eigenvalue weighted by molar-refractivity contribution is 5.85. The Morgan fingerprint density at radius 2 is 2.19 bits per heavy atom. The molecule has 0 spiro atoms. The Balaban J connectivity index is 0.00000225. The molecule has 0 bridgehead atoms. The van der Waals surface area contributed by atoms with Crippen molar-refractivity contribution in [3.8, 4) is 0 Å². The van der Waals surface area contributed by atoms with E-state index in [1.165, 1.54) is 6.42 Å². The van der Waals surface area contributed by atoms with E-state index in [0.717, 1.165) is 25.8 Å². The number of hydrogen-bond donors (Lipinski definition) is 1. The van der Waals surface area contributed by atoms with Gasteiger partial charge in [-0.1, -0.05) is 20.3 Å².